The maximum atomic E-state index is 7.12. The molecule has 2 aromatic heterocycles. The van der Waals surface area contributed by atoms with Gasteiger partial charge in [-0.1, -0.05) is 36.9 Å². The lowest BCUT2D eigenvalue weighted by Crippen LogP contribution is -2.34. The molecule has 0 spiro atoms. The van der Waals surface area contributed by atoms with Crippen molar-refractivity contribution in [2.75, 3.05) is 18.0 Å². The molecule has 3 aromatic rings. The van der Waals surface area contributed by atoms with Gasteiger partial charge < -0.3 is 9.88 Å². The summed E-state index contributed by atoms with van der Waals surface area (Å²) in [6, 6.07) is 11.1. The molecule has 2 fully saturated rings. The summed E-state index contributed by atoms with van der Waals surface area (Å²) in [5.41, 5.74) is 14.3. The molecule has 1 N–H and O–H groups in total. The number of nitrogens with one attached hydrogen (secondary N) is 1. The summed E-state index contributed by atoms with van der Waals surface area (Å²) in [6.07, 6.45) is 11.1. The summed E-state index contributed by atoms with van der Waals surface area (Å²) in [5, 5.41) is -0.0793. The minimum absolute atomic E-state index is 0.0793. The van der Waals surface area contributed by atoms with E-state index in [-0.39, 0.29) is 11.3 Å². The van der Waals surface area contributed by atoms with Gasteiger partial charge in [0.1, 0.15) is 5.82 Å². The Morgan fingerprint density at radius 3 is 2.74 bits per heavy atom. The van der Waals surface area contributed by atoms with Gasteiger partial charge in [-0.05, 0) is 115 Å². The van der Waals surface area contributed by atoms with Gasteiger partial charge in [-0.15, -0.1) is 11.6 Å². The van der Waals surface area contributed by atoms with E-state index >= 15 is 0 Å². The second-order valence-corrected chi connectivity index (χ2v) is 12.0. The van der Waals surface area contributed by atoms with Crippen molar-refractivity contribution in [3.63, 3.8) is 0 Å². The molecule has 2 aliphatic carbocycles. The number of H-pyrrole nitrogens is 1. The number of aromatic amines is 1. The van der Waals surface area contributed by atoms with Crippen LogP contribution < -0.4 is 4.90 Å². The number of alkyl halides is 1. The van der Waals surface area contributed by atoms with E-state index in [1.54, 1.807) is 0 Å². The van der Waals surface area contributed by atoms with Gasteiger partial charge in [0.2, 0.25) is 0 Å². The highest BCUT2D eigenvalue weighted by Crippen LogP contribution is 2.46. The summed E-state index contributed by atoms with van der Waals surface area (Å²) in [5.74, 6) is 2.05. The Bertz CT molecular complexity index is 1470. The third kappa shape index (κ3) is 4.56. The number of rotatable bonds is 5. The lowest BCUT2D eigenvalue weighted by Gasteiger charge is -2.35. The van der Waals surface area contributed by atoms with Crippen LogP contribution in [-0.4, -0.2) is 23.1 Å². The molecule has 0 radical (unpaired) electrons. The second kappa shape index (κ2) is 9.93. The molecule has 2 unspecified atom stereocenters. The molecular weight excluding hydrogens is 486 g/mol. The predicted octanol–water partition coefficient (Wildman–Crippen LogP) is 8.53. The first-order valence-electron chi connectivity index (χ1n) is 14.0. The topological polar surface area (TPSA) is 31.9 Å². The van der Waals surface area contributed by atoms with Crippen LogP contribution in [-0.2, 0) is 6.42 Å². The fourth-order valence-corrected chi connectivity index (χ4v) is 6.66. The maximum absolute atomic E-state index is 7.12. The van der Waals surface area contributed by atoms with E-state index in [4.69, 9.17) is 16.6 Å². The van der Waals surface area contributed by atoms with Crippen molar-refractivity contribution in [3.8, 4) is 0 Å². The normalized spacial score (nSPS) is 22.8. The van der Waals surface area contributed by atoms with Gasteiger partial charge in [0.15, 0.2) is 0 Å². The molecule has 1 saturated carbocycles. The Kier molecular flexibility index (Phi) is 6.60. The first-order chi connectivity index (χ1) is 18.3. The number of anilines is 1. The third-order valence-electron chi connectivity index (χ3n) is 9.01. The van der Waals surface area contributed by atoms with E-state index in [1.807, 2.05) is 6.20 Å². The zero-order valence-corrected chi connectivity index (χ0v) is 23.8. The third-order valence-corrected chi connectivity index (χ3v) is 9.55. The first kappa shape index (κ1) is 25.2. The number of aryl methyl sites for hydroxylation is 2. The van der Waals surface area contributed by atoms with Crippen molar-refractivity contribution in [2.24, 2.45) is 5.92 Å². The van der Waals surface area contributed by atoms with Crippen LogP contribution in [0.3, 0.4) is 0 Å². The average molecular weight is 524 g/mol. The smallest absolute Gasteiger partial charge is 0.131 e. The number of halogens is 1. The van der Waals surface area contributed by atoms with Gasteiger partial charge in [-0.3, -0.25) is 0 Å². The summed E-state index contributed by atoms with van der Waals surface area (Å²) >= 11 is 7.12. The number of pyridine rings is 1. The molecule has 0 bridgehead atoms. The number of hydrogen-bond acceptors (Lipinski definition) is 2. The molecule has 38 heavy (non-hydrogen) atoms. The van der Waals surface area contributed by atoms with E-state index in [1.165, 1.54) is 68.5 Å². The number of nitrogens with zero attached hydrogens (tertiary/aromatic N) is 2. The van der Waals surface area contributed by atoms with Gasteiger partial charge in [0, 0.05) is 42.7 Å². The van der Waals surface area contributed by atoms with Crippen molar-refractivity contribution in [1.29, 1.82) is 0 Å². The molecule has 6 rings (SSSR count). The Balaban J connectivity index is 1.35. The number of allylic oxidation sites excluding steroid dienone is 3. The van der Waals surface area contributed by atoms with Gasteiger partial charge in [-0.25, -0.2) is 4.98 Å². The van der Waals surface area contributed by atoms with Gasteiger partial charge >= 0.3 is 0 Å². The largest absolute Gasteiger partial charge is 0.363 e. The fraction of sp³-hybridized carbons (Fsp3) is 0.382. The fourth-order valence-electron chi connectivity index (χ4n) is 6.31. The SMILES string of the molecule is C=C1CCN(c2ncc(C3CC3)cc2C)C/C1=C(/C)C1=CC(Cc2cccc(C)c2C)C(Cl)c2[nH]ccc21. The number of fused-ring (bicyclic) bond motifs is 1. The van der Waals surface area contributed by atoms with Crippen molar-refractivity contribution in [1.82, 2.24) is 9.97 Å². The van der Waals surface area contributed by atoms with Crippen molar-refractivity contribution in [2.45, 2.75) is 64.7 Å². The molecular formula is C34H38ClN3. The lowest BCUT2D eigenvalue weighted by atomic mass is 9.79. The molecule has 3 aliphatic rings. The van der Waals surface area contributed by atoms with Crippen LogP contribution in [0, 0.1) is 26.7 Å². The van der Waals surface area contributed by atoms with Crippen LogP contribution in [0.25, 0.3) is 5.57 Å². The average Bonchev–Trinajstić information content (AvgIpc) is 3.64. The van der Waals surface area contributed by atoms with Crippen molar-refractivity contribution in [3.05, 3.63) is 111 Å². The van der Waals surface area contributed by atoms with Gasteiger partial charge in [0.25, 0.3) is 0 Å². The van der Waals surface area contributed by atoms with Gasteiger partial charge in [-0.2, -0.15) is 0 Å². The van der Waals surface area contributed by atoms with Crippen LogP contribution in [0.15, 0.2) is 72.1 Å². The lowest BCUT2D eigenvalue weighted by molar-refractivity contribution is 0.604. The molecule has 4 heteroatoms. The highest BCUT2D eigenvalue weighted by atomic mass is 35.5. The van der Waals surface area contributed by atoms with Crippen LogP contribution in [0.2, 0.25) is 0 Å². The van der Waals surface area contributed by atoms with E-state index in [2.05, 4.69) is 86.8 Å². The summed E-state index contributed by atoms with van der Waals surface area (Å²) in [6.45, 7) is 15.2. The van der Waals surface area contributed by atoms with E-state index in [9.17, 15) is 0 Å². The van der Waals surface area contributed by atoms with E-state index < -0.39 is 0 Å². The van der Waals surface area contributed by atoms with Crippen LogP contribution in [0.1, 0.15) is 76.6 Å². The van der Waals surface area contributed by atoms with Gasteiger partial charge in [0.05, 0.1) is 5.38 Å². The summed E-state index contributed by atoms with van der Waals surface area (Å²) < 4.78 is 0. The Hall–Kier alpha value is -3.04. The Morgan fingerprint density at radius 1 is 1.16 bits per heavy atom. The zero-order valence-electron chi connectivity index (χ0n) is 23.1. The molecule has 0 amide bonds. The Morgan fingerprint density at radius 2 is 1.97 bits per heavy atom. The minimum Gasteiger partial charge on any atom is -0.363 e. The quantitative estimate of drug-likeness (QED) is 0.340. The second-order valence-electron chi connectivity index (χ2n) is 11.6. The van der Waals surface area contributed by atoms with Crippen LogP contribution >= 0.6 is 11.6 Å². The molecule has 3 heterocycles. The number of hydrogen-bond donors (Lipinski definition) is 1. The predicted molar refractivity (Wildman–Crippen MR) is 160 cm³/mol. The van der Waals surface area contributed by atoms with Crippen LogP contribution in [0.5, 0.6) is 0 Å². The van der Waals surface area contributed by atoms with Crippen molar-refractivity contribution < 1.29 is 0 Å². The highest BCUT2D eigenvalue weighted by molar-refractivity contribution is 6.21. The monoisotopic (exact) mass is 523 g/mol. The first-order valence-corrected chi connectivity index (χ1v) is 14.4. The summed E-state index contributed by atoms with van der Waals surface area (Å²) in [4.78, 5) is 10.9. The molecule has 3 nitrogen and oxygen atoms in total. The number of piperidine rings is 1. The number of aromatic nitrogens is 2. The summed E-state index contributed by atoms with van der Waals surface area (Å²) in [7, 11) is 0. The minimum atomic E-state index is -0.0793. The molecule has 1 saturated heterocycles. The molecule has 1 aliphatic heterocycles. The number of benzene rings is 1. The molecule has 1 aromatic carbocycles. The molecule has 2 atom stereocenters. The van der Waals surface area contributed by atoms with Crippen molar-refractivity contribution >= 4 is 23.0 Å². The molecule has 196 valence electrons. The van der Waals surface area contributed by atoms with E-state index in [0.717, 1.165) is 43.4 Å². The van der Waals surface area contributed by atoms with Crippen LogP contribution in [0.4, 0.5) is 5.82 Å². The van der Waals surface area contributed by atoms with E-state index in [0.29, 0.717) is 0 Å². The Labute approximate surface area is 232 Å². The zero-order chi connectivity index (χ0) is 26.6. The standard InChI is InChI=1S/C34H38ClN3/c1-20-7-6-8-26(23(20)4)16-27-17-30(29-11-13-36-33(29)32(27)35)24(5)31-19-38(14-12-21(31)2)34-22(3)15-28(18-37-34)25-9-10-25/h6-8,11,13,15,17-18,25,27,32,36H,2,9-10,12,14,16,19H2,1,3-5H3/b31-24+. The maximum Gasteiger partial charge on any atom is 0.131 e. The highest BCUT2D eigenvalue weighted by Gasteiger charge is 2.32.